The third-order valence-electron chi connectivity index (χ3n) is 2.99. The summed E-state index contributed by atoms with van der Waals surface area (Å²) in [5, 5.41) is 2.44. The van der Waals surface area contributed by atoms with Crippen LogP contribution in [0.5, 0.6) is 0 Å². The first-order valence-corrected chi connectivity index (χ1v) is 7.08. The van der Waals surface area contributed by atoms with Crippen molar-refractivity contribution in [1.29, 1.82) is 0 Å². The zero-order chi connectivity index (χ0) is 14.5. The molecule has 110 valence electrons. The van der Waals surface area contributed by atoms with Gasteiger partial charge in [0.15, 0.2) is 0 Å². The molecule has 0 radical (unpaired) electrons. The molecule has 0 aliphatic heterocycles. The lowest BCUT2D eigenvalue weighted by molar-refractivity contribution is -0.131. The van der Waals surface area contributed by atoms with Crippen LogP contribution in [0.1, 0.15) is 39.5 Å². The van der Waals surface area contributed by atoms with Gasteiger partial charge in [-0.25, -0.2) is 0 Å². The molecule has 19 heavy (non-hydrogen) atoms. The SMILES string of the molecule is CCCCN(CCCC)CC(C=O)CNC(=O)C=O. The van der Waals surface area contributed by atoms with E-state index < -0.39 is 5.91 Å². The van der Waals surface area contributed by atoms with Crippen LogP contribution in [-0.2, 0) is 14.4 Å². The van der Waals surface area contributed by atoms with Crippen LogP contribution < -0.4 is 5.32 Å². The molecule has 5 heteroatoms. The number of unbranched alkanes of at least 4 members (excludes halogenated alkanes) is 2. The molecule has 1 N–H and O–H groups in total. The summed E-state index contributed by atoms with van der Waals surface area (Å²) in [4.78, 5) is 34.3. The predicted molar refractivity (Wildman–Crippen MR) is 74.9 cm³/mol. The highest BCUT2D eigenvalue weighted by Gasteiger charge is 2.14. The van der Waals surface area contributed by atoms with E-state index in [1.165, 1.54) is 0 Å². The molecule has 0 aliphatic carbocycles. The van der Waals surface area contributed by atoms with Crippen molar-refractivity contribution in [1.82, 2.24) is 10.2 Å². The van der Waals surface area contributed by atoms with Crippen LogP contribution in [0.15, 0.2) is 0 Å². The number of aldehydes is 2. The number of hydrogen-bond acceptors (Lipinski definition) is 4. The van der Waals surface area contributed by atoms with E-state index in [1.807, 2.05) is 0 Å². The van der Waals surface area contributed by atoms with Gasteiger partial charge in [-0.2, -0.15) is 0 Å². The maximum absolute atomic E-state index is 11.0. The molecule has 0 heterocycles. The van der Waals surface area contributed by atoms with Crippen molar-refractivity contribution in [3.63, 3.8) is 0 Å². The fraction of sp³-hybridized carbons (Fsp3) is 0.786. The lowest BCUT2D eigenvalue weighted by Gasteiger charge is -2.24. The molecule has 0 saturated carbocycles. The van der Waals surface area contributed by atoms with Gasteiger partial charge in [0.25, 0.3) is 5.91 Å². The summed E-state index contributed by atoms with van der Waals surface area (Å²) >= 11 is 0. The molecule has 1 unspecified atom stereocenters. The van der Waals surface area contributed by atoms with Gasteiger partial charge < -0.3 is 15.0 Å². The standard InChI is InChI=1S/C14H26N2O3/c1-3-5-7-16(8-6-4-2)10-13(11-17)9-15-14(19)12-18/h11-13H,3-10H2,1-2H3,(H,15,19). The van der Waals surface area contributed by atoms with Crippen molar-refractivity contribution >= 4 is 18.5 Å². The minimum absolute atomic E-state index is 0.230. The zero-order valence-corrected chi connectivity index (χ0v) is 12.1. The first-order valence-electron chi connectivity index (χ1n) is 7.08. The van der Waals surface area contributed by atoms with Gasteiger partial charge in [0, 0.05) is 19.0 Å². The highest BCUT2D eigenvalue weighted by Crippen LogP contribution is 2.03. The van der Waals surface area contributed by atoms with Crippen LogP contribution in [0, 0.1) is 5.92 Å². The molecular weight excluding hydrogens is 244 g/mol. The number of carbonyl (C=O) groups excluding carboxylic acids is 3. The average Bonchev–Trinajstić information content (AvgIpc) is 2.44. The molecule has 0 rings (SSSR count). The highest BCUT2D eigenvalue weighted by molar-refractivity contribution is 6.23. The Bertz CT molecular complexity index is 261. The van der Waals surface area contributed by atoms with Crippen LogP contribution in [-0.4, -0.2) is 49.6 Å². The minimum atomic E-state index is -0.666. The fourth-order valence-electron chi connectivity index (χ4n) is 1.82. The van der Waals surface area contributed by atoms with Gasteiger partial charge in [0.05, 0.1) is 0 Å². The van der Waals surface area contributed by atoms with Crippen molar-refractivity contribution in [3.8, 4) is 0 Å². The molecule has 0 bridgehead atoms. The van der Waals surface area contributed by atoms with E-state index in [1.54, 1.807) is 0 Å². The van der Waals surface area contributed by atoms with Crippen molar-refractivity contribution in [3.05, 3.63) is 0 Å². The Hall–Kier alpha value is -1.23. The van der Waals surface area contributed by atoms with Gasteiger partial charge >= 0.3 is 0 Å². The minimum Gasteiger partial charge on any atom is -0.349 e. The number of amides is 1. The summed E-state index contributed by atoms with van der Waals surface area (Å²) in [5.41, 5.74) is 0. The third kappa shape index (κ3) is 9.36. The van der Waals surface area contributed by atoms with Crippen molar-refractivity contribution in [2.75, 3.05) is 26.2 Å². The van der Waals surface area contributed by atoms with Crippen LogP contribution >= 0.6 is 0 Å². The van der Waals surface area contributed by atoms with Crippen molar-refractivity contribution in [2.45, 2.75) is 39.5 Å². The van der Waals surface area contributed by atoms with E-state index in [0.29, 0.717) is 6.54 Å². The Morgan fingerprint density at radius 2 is 1.74 bits per heavy atom. The summed E-state index contributed by atoms with van der Waals surface area (Å²) < 4.78 is 0. The molecular formula is C14H26N2O3. The number of rotatable bonds is 12. The summed E-state index contributed by atoms with van der Waals surface area (Å²) in [6.07, 6.45) is 5.54. The van der Waals surface area contributed by atoms with Gasteiger partial charge in [0.1, 0.15) is 6.29 Å². The second-order valence-electron chi connectivity index (χ2n) is 4.77. The molecule has 0 spiro atoms. The molecule has 0 aromatic rings. The summed E-state index contributed by atoms with van der Waals surface area (Å²) in [6, 6.07) is 0. The Labute approximate surface area is 115 Å². The van der Waals surface area contributed by atoms with E-state index in [-0.39, 0.29) is 18.7 Å². The van der Waals surface area contributed by atoms with Gasteiger partial charge in [0.2, 0.25) is 6.29 Å². The molecule has 0 fully saturated rings. The second kappa shape index (κ2) is 11.8. The molecule has 1 amide bonds. The van der Waals surface area contributed by atoms with Gasteiger partial charge in [-0.05, 0) is 25.9 Å². The van der Waals surface area contributed by atoms with E-state index in [9.17, 15) is 14.4 Å². The second-order valence-corrected chi connectivity index (χ2v) is 4.77. The molecule has 0 saturated heterocycles. The van der Waals surface area contributed by atoms with Gasteiger partial charge in [-0.15, -0.1) is 0 Å². The zero-order valence-electron chi connectivity index (χ0n) is 12.1. The Balaban J connectivity index is 4.19. The summed E-state index contributed by atoms with van der Waals surface area (Å²) in [6.45, 7) is 7.10. The van der Waals surface area contributed by atoms with Gasteiger partial charge in [-0.3, -0.25) is 9.59 Å². The van der Waals surface area contributed by atoms with E-state index in [2.05, 4.69) is 24.1 Å². The third-order valence-corrected chi connectivity index (χ3v) is 2.99. The van der Waals surface area contributed by atoms with Crippen LogP contribution in [0.25, 0.3) is 0 Å². The normalized spacial score (nSPS) is 12.2. The maximum Gasteiger partial charge on any atom is 0.284 e. The topological polar surface area (TPSA) is 66.5 Å². The Morgan fingerprint density at radius 1 is 1.16 bits per heavy atom. The Morgan fingerprint density at radius 3 is 2.16 bits per heavy atom. The molecule has 0 aromatic heterocycles. The smallest absolute Gasteiger partial charge is 0.284 e. The largest absolute Gasteiger partial charge is 0.349 e. The van der Waals surface area contributed by atoms with E-state index in [0.717, 1.165) is 45.1 Å². The quantitative estimate of drug-likeness (QED) is 0.425. The fourth-order valence-corrected chi connectivity index (χ4v) is 1.82. The van der Waals surface area contributed by atoms with Crippen molar-refractivity contribution in [2.24, 2.45) is 5.92 Å². The van der Waals surface area contributed by atoms with E-state index in [4.69, 9.17) is 0 Å². The van der Waals surface area contributed by atoms with Gasteiger partial charge in [-0.1, -0.05) is 26.7 Å². The average molecular weight is 270 g/mol. The Kier molecular flexibility index (Phi) is 11.1. The predicted octanol–water partition coefficient (Wildman–Crippen LogP) is 1.02. The lowest BCUT2D eigenvalue weighted by atomic mass is 10.1. The van der Waals surface area contributed by atoms with Crippen LogP contribution in [0.3, 0.4) is 0 Å². The maximum atomic E-state index is 11.0. The van der Waals surface area contributed by atoms with E-state index >= 15 is 0 Å². The van der Waals surface area contributed by atoms with Crippen molar-refractivity contribution < 1.29 is 14.4 Å². The van der Waals surface area contributed by atoms with Crippen LogP contribution in [0.4, 0.5) is 0 Å². The molecule has 0 aliphatic rings. The number of hydrogen-bond donors (Lipinski definition) is 1. The monoisotopic (exact) mass is 270 g/mol. The first-order chi connectivity index (χ1) is 9.17. The molecule has 0 aromatic carbocycles. The summed E-state index contributed by atoms with van der Waals surface area (Å²) in [7, 11) is 0. The highest BCUT2D eigenvalue weighted by atomic mass is 16.2. The molecule has 5 nitrogen and oxygen atoms in total. The van der Waals surface area contributed by atoms with Crippen LogP contribution in [0.2, 0.25) is 0 Å². The lowest BCUT2D eigenvalue weighted by Crippen LogP contribution is -2.38. The molecule has 1 atom stereocenters. The number of nitrogens with zero attached hydrogens (tertiary/aromatic N) is 1. The number of nitrogens with one attached hydrogen (secondary N) is 1. The summed E-state index contributed by atoms with van der Waals surface area (Å²) in [5.74, 6) is -0.918. The number of carbonyl (C=O) groups is 3. The first kappa shape index (κ1) is 17.8.